The first-order valence-electron chi connectivity index (χ1n) is 4.93. The first-order valence-corrected chi connectivity index (χ1v) is 4.93. The first-order chi connectivity index (χ1) is 8.09. The smallest absolute Gasteiger partial charge is 0.258 e. The second-order valence-electron chi connectivity index (χ2n) is 3.55. The Morgan fingerprint density at radius 3 is 2.76 bits per heavy atom. The molecule has 0 aliphatic rings. The van der Waals surface area contributed by atoms with Crippen molar-refractivity contribution in [3.63, 3.8) is 0 Å². The molecule has 0 radical (unpaired) electrons. The Morgan fingerprint density at radius 2 is 2.18 bits per heavy atom. The molecule has 0 aliphatic heterocycles. The topological polar surface area (TPSA) is 62.8 Å². The highest BCUT2D eigenvalue weighted by molar-refractivity contribution is 5.94. The molecule has 0 saturated heterocycles. The summed E-state index contributed by atoms with van der Waals surface area (Å²) < 4.78 is 13.6. The number of ketones is 1. The first kappa shape index (κ1) is 11.2. The number of hydrogen-bond acceptors (Lipinski definition) is 3. The number of aromatic nitrogens is 2. The Balaban J connectivity index is 2.56. The van der Waals surface area contributed by atoms with Gasteiger partial charge in [-0.2, -0.15) is 0 Å². The molecule has 5 heteroatoms. The Bertz CT molecular complexity index is 634. The van der Waals surface area contributed by atoms with Gasteiger partial charge in [0.2, 0.25) is 0 Å². The molecule has 0 aliphatic carbocycles. The van der Waals surface area contributed by atoms with E-state index in [1.54, 1.807) is 0 Å². The number of carbonyl (C=O) groups excluding carboxylic acids is 1. The molecule has 4 nitrogen and oxygen atoms in total. The van der Waals surface area contributed by atoms with Gasteiger partial charge in [0.15, 0.2) is 5.78 Å². The molecular weight excluding hydrogens is 223 g/mol. The third-order valence-electron chi connectivity index (χ3n) is 2.38. The minimum absolute atomic E-state index is 0.00840. The molecule has 86 valence electrons. The van der Waals surface area contributed by atoms with Gasteiger partial charge in [-0.1, -0.05) is 6.07 Å². The highest BCUT2D eigenvalue weighted by atomic mass is 19.1. The fourth-order valence-corrected chi connectivity index (χ4v) is 1.52. The normalized spacial score (nSPS) is 10.2. The van der Waals surface area contributed by atoms with Gasteiger partial charge in [0, 0.05) is 6.20 Å². The second-order valence-corrected chi connectivity index (χ2v) is 3.55. The van der Waals surface area contributed by atoms with Crippen molar-refractivity contribution >= 4 is 5.78 Å². The molecule has 0 fully saturated rings. The molecule has 2 aromatic rings. The summed E-state index contributed by atoms with van der Waals surface area (Å²) in [4.78, 5) is 28.7. The monoisotopic (exact) mass is 232 g/mol. The molecule has 0 amide bonds. The zero-order valence-corrected chi connectivity index (χ0v) is 9.03. The summed E-state index contributed by atoms with van der Waals surface area (Å²) in [5.41, 5.74) is 0.312. The van der Waals surface area contributed by atoms with Gasteiger partial charge in [0.05, 0.1) is 17.5 Å². The van der Waals surface area contributed by atoms with Crippen LogP contribution in [-0.2, 0) is 0 Å². The standard InChI is InChI=1S/C12H9FN2O2/c1-7(16)9-3-2-8(4-11(9)13)10-5-14-6-15-12(10)17/h2-6H,1H3,(H,14,15,17). The zero-order chi connectivity index (χ0) is 12.4. The maximum absolute atomic E-state index is 13.6. The summed E-state index contributed by atoms with van der Waals surface area (Å²) in [5, 5.41) is 0. The molecular formula is C12H9FN2O2. The highest BCUT2D eigenvalue weighted by Gasteiger charge is 2.10. The number of halogens is 1. The van der Waals surface area contributed by atoms with E-state index < -0.39 is 5.82 Å². The van der Waals surface area contributed by atoms with Crippen LogP contribution in [0, 0.1) is 5.82 Å². The Morgan fingerprint density at radius 1 is 1.41 bits per heavy atom. The summed E-state index contributed by atoms with van der Waals surface area (Å²) in [6.07, 6.45) is 2.60. The van der Waals surface area contributed by atoms with Crippen LogP contribution in [-0.4, -0.2) is 15.8 Å². The molecule has 1 aromatic heterocycles. The number of aromatic amines is 1. The summed E-state index contributed by atoms with van der Waals surface area (Å²) >= 11 is 0. The van der Waals surface area contributed by atoms with Gasteiger partial charge in [-0.05, 0) is 24.6 Å². The van der Waals surface area contributed by atoms with Crippen LogP contribution in [0.1, 0.15) is 17.3 Å². The van der Waals surface area contributed by atoms with E-state index in [9.17, 15) is 14.0 Å². The Kier molecular flexibility index (Phi) is 2.82. The van der Waals surface area contributed by atoms with Crippen LogP contribution < -0.4 is 5.56 Å². The van der Waals surface area contributed by atoms with E-state index in [1.807, 2.05) is 0 Å². The van der Waals surface area contributed by atoms with Gasteiger partial charge in [0.25, 0.3) is 5.56 Å². The average Bonchev–Trinajstić information content (AvgIpc) is 2.29. The SMILES string of the molecule is CC(=O)c1ccc(-c2cnc[nH]c2=O)cc1F. The van der Waals surface area contributed by atoms with Crippen molar-refractivity contribution < 1.29 is 9.18 Å². The Hall–Kier alpha value is -2.30. The van der Waals surface area contributed by atoms with E-state index in [-0.39, 0.29) is 22.5 Å². The third kappa shape index (κ3) is 2.13. The second kappa shape index (κ2) is 4.29. The summed E-state index contributed by atoms with van der Waals surface area (Å²) in [7, 11) is 0. The van der Waals surface area contributed by atoms with E-state index in [0.29, 0.717) is 5.56 Å². The van der Waals surface area contributed by atoms with E-state index in [0.717, 1.165) is 6.07 Å². The highest BCUT2D eigenvalue weighted by Crippen LogP contribution is 2.18. The maximum atomic E-state index is 13.6. The number of carbonyl (C=O) groups is 1. The fourth-order valence-electron chi connectivity index (χ4n) is 1.52. The van der Waals surface area contributed by atoms with Crippen molar-refractivity contribution in [2.75, 3.05) is 0 Å². The van der Waals surface area contributed by atoms with Gasteiger partial charge in [0.1, 0.15) is 5.82 Å². The zero-order valence-electron chi connectivity index (χ0n) is 9.03. The quantitative estimate of drug-likeness (QED) is 0.803. The molecule has 0 atom stereocenters. The van der Waals surface area contributed by atoms with Crippen LogP contribution in [0.25, 0.3) is 11.1 Å². The molecule has 2 rings (SSSR count). The number of H-pyrrole nitrogens is 1. The maximum Gasteiger partial charge on any atom is 0.258 e. The van der Waals surface area contributed by atoms with Crippen molar-refractivity contribution in [2.45, 2.75) is 6.92 Å². The number of Topliss-reactive ketones (excluding diaryl/α,β-unsaturated/α-hetero) is 1. The van der Waals surface area contributed by atoms with Crippen LogP contribution in [0.4, 0.5) is 4.39 Å². The van der Waals surface area contributed by atoms with Crippen LogP contribution in [0.15, 0.2) is 35.5 Å². The van der Waals surface area contributed by atoms with Crippen molar-refractivity contribution in [2.24, 2.45) is 0 Å². The predicted octanol–water partition coefficient (Wildman–Crippen LogP) is 1.78. The largest absolute Gasteiger partial charge is 0.313 e. The summed E-state index contributed by atoms with van der Waals surface area (Å²) in [6, 6.07) is 4.04. The molecule has 0 spiro atoms. The summed E-state index contributed by atoms with van der Waals surface area (Å²) in [5.74, 6) is -0.993. The molecule has 1 aromatic carbocycles. The van der Waals surface area contributed by atoms with E-state index in [2.05, 4.69) is 9.97 Å². The van der Waals surface area contributed by atoms with Crippen LogP contribution in [0.5, 0.6) is 0 Å². The third-order valence-corrected chi connectivity index (χ3v) is 2.38. The lowest BCUT2D eigenvalue weighted by Crippen LogP contribution is -2.09. The molecule has 1 N–H and O–H groups in total. The lowest BCUT2D eigenvalue weighted by Gasteiger charge is -2.02. The van der Waals surface area contributed by atoms with Crippen molar-refractivity contribution in [3.05, 3.63) is 52.5 Å². The number of benzene rings is 1. The fraction of sp³-hybridized carbons (Fsp3) is 0.0833. The molecule has 0 bridgehead atoms. The van der Waals surface area contributed by atoms with Crippen LogP contribution in [0.3, 0.4) is 0 Å². The number of rotatable bonds is 2. The molecule has 0 unspecified atom stereocenters. The molecule has 17 heavy (non-hydrogen) atoms. The lowest BCUT2D eigenvalue weighted by molar-refractivity contribution is 0.101. The van der Waals surface area contributed by atoms with Gasteiger partial charge >= 0.3 is 0 Å². The minimum atomic E-state index is -0.641. The van der Waals surface area contributed by atoms with E-state index in [1.165, 1.54) is 31.6 Å². The van der Waals surface area contributed by atoms with Crippen molar-refractivity contribution in [1.82, 2.24) is 9.97 Å². The van der Waals surface area contributed by atoms with Crippen LogP contribution in [0.2, 0.25) is 0 Å². The molecule has 1 heterocycles. The van der Waals surface area contributed by atoms with Gasteiger partial charge in [-0.3, -0.25) is 9.59 Å². The van der Waals surface area contributed by atoms with Gasteiger partial charge in [-0.15, -0.1) is 0 Å². The van der Waals surface area contributed by atoms with Crippen LogP contribution >= 0.6 is 0 Å². The lowest BCUT2D eigenvalue weighted by atomic mass is 10.0. The van der Waals surface area contributed by atoms with Gasteiger partial charge < -0.3 is 4.98 Å². The summed E-state index contributed by atoms with van der Waals surface area (Å²) in [6.45, 7) is 1.29. The Labute approximate surface area is 96.1 Å². The minimum Gasteiger partial charge on any atom is -0.313 e. The molecule has 0 saturated carbocycles. The number of hydrogen-bond donors (Lipinski definition) is 1. The van der Waals surface area contributed by atoms with Gasteiger partial charge in [-0.25, -0.2) is 9.37 Å². The van der Waals surface area contributed by atoms with Crippen molar-refractivity contribution in [3.8, 4) is 11.1 Å². The average molecular weight is 232 g/mol. The van der Waals surface area contributed by atoms with Crippen molar-refractivity contribution in [1.29, 1.82) is 0 Å². The predicted molar refractivity (Wildman–Crippen MR) is 60.3 cm³/mol. The van der Waals surface area contributed by atoms with E-state index in [4.69, 9.17) is 0 Å². The van der Waals surface area contributed by atoms with E-state index >= 15 is 0 Å². The number of nitrogens with one attached hydrogen (secondary N) is 1. The number of nitrogens with zero attached hydrogens (tertiary/aromatic N) is 1.